The predicted octanol–water partition coefficient (Wildman–Crippen LogP) is 3.60. The molecule has 0 unspecified atom stereocenters. The van der Waals surface area contributed by atoms with E-state index in [2.05, 4.69) is 16.8 Å². The van der Waals surface area contributed by atoms with Crippen molar-refractivity contribution < 1.29 is 13.2 Å². The number of piperazine rings is 1. The first-order valence-electron chi connectivity index (χ1n) is 9.45. The van der Waals surface area contributed by atoms with Crippen LogP contribution in [0.1, 0.15) is 5.56 Å². The van der Waals surface area contributed by atoms with Crippen molar-refractivity contribution in [3.8, 4) is 5.75 Å². The minimum Gasteiger partial charge on any atom is -0.495 e. The monoisotopic (exact) mass is 433 g/mol. The third kappa shape index (κ3) is 3.58. The molecule has 2 heterocycles. The summed E-state index contributed by atoms with van der Waals surface area (Å²) in [6, 6.07) is 10.3. The molecule has 0 N–H and O–H groups in total. The molecule has 0 spiro atoms. The molecule has 154 valence electrons. The zero-order valence-electron chi connectivity index (χ0n) is 16.7. The Kier molecular flexibility index (Phi) is 5.23. The second-order valence-corrected chi connectivity index (χ2v) is 9.65. The van der Waals surface area contributed by atoms with Crippen LogP contribution in [0, 0.1) is 6.92 Å². The smallest absolute Gasteiger partial charge is 0.268 e. The molecule has 1 saturated heterocycles. The van der Waals surface area contributed by atoms with Gasteiger partial charge in [-0.05, 0) is 49.9 Å². The van der Waals surface area contributed by atoms with Gasteiger partial charge in [0.05, 0.1) is 23.2 Å². The Labute approximate surface area is 176 Å². The minimum absolute atomic E-state index is 0.226. The molecule has 1 fully saturated rings. The summed E-state index contributed by atoms with van der Waals surface area (Å²) in [5, 5.41) is 1.37. The van der Waals surface area contributed by atoms with Crippen molar-refractivity contribution in [1.82, 2.24) is 8.87 Å². The molecular formula is C21H24ClN3O3S. The predicted molar refractivity (Wildman–Crippen MR) is 117 cm³/mol. The molecule has 0 radical (unpaired) electrons. The number of hydrogen-bond acceptors (Lipinski definition) is 5. The average Bonchev–Trinajstić information content (AvgIpc) is 3.04. The Morgan fingerprint density at radius 2 is 1.76 bits per heavy atom. The molecule has 0 saturated carbocycles. The first-order valence-corrected chi connectivity index (χ1v) is 11.3. The maximum atomic E-state index is 13.5. The lowest BCUT2D eigenvalue weighted by Crippen LogP contribution is -2.44. The molecule has 0 atom stereocenters. The molecule has 29 heavy (non-hydrogen) atoms. The molecule has 4 rings (SSSR count). The van der Waals surface area contributed by atoms with E-state index < -0.39 is 10.0 Å². The lowest BCUT2D eigenvalue weighted by atomic mass is 10.2. The minimum atomic E-state index is -3.79. The fourth-order valence-corrected chi connectivity index (χ4v) is 5.37. The number of rotatable bonds is 4. The number of aryl methyl sites for hydroxylation is 1. The van der Waals surface area contributed by atoms with Crippen LogP contribution in [0.15, 0.2) is 47.5 Å². The third-order valence-electron chi connectivity index (χ3n) is 5.48. The molecule has 0 bridgehead atoms. The molecule has 0 aliphatic carbocycles. The van der Waals surface area contributed by atoms with E-state index in [1.807, 2.05) is 13.0 Å². The van der Waals surface area contributed by atoms with E-state index >= 15 is 0 Å². The molecule has 8 heteroatoms. The number of nitrogens with zero attached hydrogens (tertiary/aromatic N) is 3. The standard InChI is InChI=1S/C21H24ClN3O3S/c1-15-14-25(19-12-16(22)4-6-18(15)19)29(26,27)17-5-7-21(28-3)20(13-17)24-10-8-23(2)9-11-24/h4-7,12-14H,8-11H2,1-3H3. The van der Waals surface area contributed by atoms with Crippen LogP contribution in [0.3, 0.4) is 0 Å². The highest BCUT2D eigenvalue weighted by atomic mass is 35.5. The maximum absolute atomic E-state index is 13.5. The summed E-state index contributed by atoms with van der Waals surface area (Å²) in [6.45, 7) is 5.36. The zero-order valence-corrected chi connectivity index (χ0v) is 18.3. The van der Waals surface area contributed by atoms with Crippen LogP contribution in [0.4, 0.5) is 5.69 Å². The molecule has 3 aromatic rings. The van der Waals surface area contributed by atoms with Gasteiger partial charge < -0.3 is 14.5 Å². The maximum Gasteiger partial charge on any atom is 0.268 e. The van der Waals surface area contributed by atoms with Crippen molar-refractivity contribution in [3.63, 3.8) is 0 Å². The van der Waals surface area contributed by atoms with Gasteiger partial charge in [-0.3, -0.25) is 0 Å². The van der Waals surface area contributed by atoms with Gasteiger partial charge in [0.15, 0.2) is 0 Å². The summed E-state index contributed by atoms with van der Waals surface area (Å²) in [5.74, 6) is 0.671. The van der Waals surface area contributed by atoms with Crippen molar-refractivity contribution in [2.24, 2.45) is 0 Å². The topological polar surface area (TPSA) is 54.8 Å². The Balaban J connectivity index is 1.82. The molecule has 2 aromatic carbocycles. The van der Waals surface area contributed by atoms with Crippen molar-refractivity contribution in [2.75, 3.05) is 45.2 Å². The van der Waals surface area contributed by atoms with Crippen LogP contribution in [0.5, 0.6) is 5.75 Å². The van der Waals surface area contributed by atoms with Crippen molar-refractivity contribution >= 4 is 38.2 Å². The van der Waals surface area contributed by atoms with Crippen LogP contribution < -0.4 is 9.64 Å². The first-order chi connectivity index (χ1) is 13.8. The number of methoxy groups -OCH3 is 1. The van der Waals surface area contributed by atoms with Crippen LogP contribution >= 0.6 is 11.6 Å². The van der Waals surface area contributed by atoms with Gasteiger partial charge >= 0.3 is 0 Å². The van der Waals surface area contributed by atoms with Gasteiger partial charge in [0, 0.05) is 42.8 Å². The number of aromatic nitrogens is 1. The summed E-state index contributed by atoms with van der Waals surface area (Å²) in [6.07, 6.45) is 1.65. The van der Waals surface area contributed by atoms with Gasteiger partial charge in [-0.2, -0.15) is 0 Å². The number of benzene rings is 2. The number of anilines is 1. The number of likely N-dealkylation sites (N-methyl/N-ethyl adjacent to an activating group) is 1. The summed E-state index contributed by atoms with van der Waals surface area (Å²) in [5.41, 5.74) is 2.26. The molecule has 1 aliphatic heterocycles. The Morgan fingerprint density at radius 3 is 2.45 bits per heavy atom. The van der Waals surface area contributed by atoms with Gasteiger partial charge in [-0.25, -0.2) is 12.4 Å². The highest BCUT2D eigenvalue weighted by Gasteiger charge is 2.24. The van der Waals surface area contributed by atoms with E-state index in [1.165, 1.54) is 3.97 Å². The Hall–Kier alpha value is -2.22. The summed E-state index contributed by atoms with van der Waals surface area (Å²) < 4.78 is 33.9. The van der Waals surface area contributed by atoms with Crippen molar-refractivity contribution in [3.05, 3.63) is 53.2 Å². The number of ether oxygens (including phenoxy) is 1. The van der Waals surface area contributed by atoms with E-state index in [0.29, 0.717) is 16.3 Å². The summed E-state index contributed by atoms with van der Waals surface area (Å²) in [7, 11) is -0.105. The van der Waals surface area contributed by atoms with Gasteiger partial charge in [0.25, 0.3) is 10.0 Å². The Morgan fingerprint density at radius 1 is 1.03 bits per heavy atom. The molecule has 6 nitrogen and oxygen atoms in total. The van der Waals surface area contributed by atoms with E-state index in [1.54, 1.807) is 43.6 Å². The van der Waals surface area contributed by atoms with Crippen molar-refractivity contribution in [2.45, 2.75) is 11.8 Å². The summed E-state index contributed by atoms with van der Waals surface area (Å²) in [4.78, 5) is 4.65. The van der Waals surface area contributed by atoms with E-state index in [0.717, 1.165) is 42.8 Å². The molecule has 1 aliphatic rings. The Bertz CT molecular complexity index is 1170. The van der Waals surface area contributed by atoms with E-state index in [-0.39, 0.29) is 4.90 Å². The highest BCUT2D eigenvalue weighted by Crippen LogP contribution is 2.34. The van der Waals surface area contributed by atoms with Gasteiger partial charge in [-0.1, -0.05) is 17.7 Å². The van der Waals surface area contributed by atoms with Crippen molar-refractivity contribution in [1.29, 1.82) is 0 Å². The van der Waals surface area contributed by atoms with Crippen LogP contribution in [0.25, 0.3) is 10.9 Å². The highest BCUT2D eigenvalue weighted by molar-refractivity contribution is 7.90. The quantitative estimate of drug-likeness (QED) is 0.629. The first kappa shape index (κ1) is 20.1. The van der Waals surface area contributed by atoms with Gasteiger partial charge in [-0.15, -0.1) is 0 Å². The number of halogens is 1. The number of hydrogen-bond donors (Lipinski definition) is 0. The lowest BCUT2D eigenvalue weighted by Gasteiger charge is -2.34. The largest absolute Gasteiger partial charge is 0.495 e. The van der Waals surface area contributed by atoms with Crippen LogP contribution in [-0.4, -0.2) is 57.6 Å². The summed E-state index contributed by atoms with van der Waals surface area (Å²) >= 11 is 6.14. The van der Waals surface area contributed by atoms with Crippen LogP contribution in [-0.2, 0) is 10.0 Å². The molecule has 1 aromatic heterocycles. The third-order valence-corrected chi connectivity index (χ3v) is 7.39. The molecule has 0 amide bonds. The van der Waals surface area contributed by atoms with E-state index in [4.69, 9.17) is 16.3 Å². The zero-order chi connectivity index (χ0) is 20.8. The average molecular weight is 434 g/mol. The van der Waals surface area contributed by atoms with Gasteiger partial charge in [0.1, 0.15) is 5.75 Å². The second kappa shape index (κ2) is 7.55. The van der Waals surface area contributed by atoms with Gasteiger partial charge in [0.2, 0.25) is 0 Å². The normalized spacial score (nSPS) is 15.8. The fraction of sp³-hybridized carbons (Fsp3) is 0.333. The van der Waals surface area contributed by atoms with E-state index in [9.17, 15) is 8.42 Å². The lowest BCUT2D eigenvalue weighted by molar-refractivity contribution is 0.311. The second-order valence-electron chi connectivity index (χ2n) is 7.40. The SMILES string of the molecule is COc1ccc(S(=O)(=O)n2cc(C)c3ccc(Cl)cc32)cc1N1CCN(C)CC1. The fourth-order valence-electron chi connectivity index (χ4n) is 3.77. The molecular weight excluding hydrogens is 410 g/mol. The number of fused-ring (bicyclic) bond motifs is 1. The van der Waals surface area contributed by atoms with Crippen LogP contribution in [0.2, 0.25) is 5.02 Å².